The Hall–Kier alpha value is -1.56. The standard InChI is InChI=1S/C6H8F2N4O2/c7-5(8)4-1-3(10-11-9)2-12(4)6(13)14/h3-5,9H,1-2H2/t3-,4+/m1/s1. The molecule has 1 aliphatic heterocycles. The predicted molar refractivity (Wildman–Crippen MR) is 37.6 cm³/mol. The number of carbonyl (C=O) groups excluding carboxylic acids is 1. The number of hydrogen-bond donors (Lipinski definition) is 1. The fourth-order valence-corrected chi connectivity index (χ4v) is 1.46. The lowest BCUT2D eigenvalue weighted by Crippen LogP contribution is -2.46. The second-order valence-electron chi connectivity index (χ2n) is 2.93. The van der Waals surface area contributed by atoms with Crippen molar-refractivity contribution in [2.45, 2.75) is 24.9 Å². The van der Waals surface area contributed by atoms with Crippen LogP contribution in [0.3, 0.4) is 0 Å². The van der Waals surface area contributed by atoms with Crippen molar-refractivity contribution in [3.63, 3.8) is 0 Å². The Bertz CT molecular complexity index is 279. The third kappa shape index (κ3) is 2.02. The highest BCUT2D eigenvalue weighted by atomic mass is 19.3. The van der Waals surface area contributed by atoms with E-state index < -0.39 is 24.6 Å². The van der Waals surface area contributed by atoms with Gasteiger partial charge in [-0.1, -0.05) is 0 Å². The van der Waals surface area contributed by atoms with Gasteiger partial charge in [-0.2, -0.15) is 0 Å². The molecular weight excluding hydrogens is 198 g/mol. The average Bonchev–Trinajstić information content (AvgIpc) is 2.49. The van der Waals surface area contributed by atoms with Gasteiger partial charge in [0.05, 0.1) is 6.04 Å². The van der Waals surface area contributed by atoms with Gasteiger partial charge in [-0.3, -0.25) is 0 Å². The van der Waals surface area contributed by atoms with Crippen molar-refractivity contribution >= 4 is 6.09 Å². The van der Waals surface area contributed by atoms with Crippen molar-refractivity contribution in [1.82, 2.24) is 9.81 Å². The summed E-state index contributed by atoms with van der Waals surface area (Å²) in [5, 5.41) is 13.7. The lowest BCUT2D eigenvalue weighted by molar-refractivity contribution is -0.268. The van der Waals surface area contributed by atoms with Gasteiger partial charge in [-0.15, -0.1) is 0 Å². The minimum Gasteiger partial charge on any atom is -0.530 e. The van der Waals surface area contributed by atoms with E-state index in [0.29, 0.717) is 4.90 Å². The molecule has 0 radical (unpaired) electrons. The molecule has 0 spiro atoms. The van der Waals surface area contributed by atoms with Gasteiger partial charge in [0.15, 0.2) is 6.04 Å². The Morgan fingerprint density at radius 2 is 2.36 bits per heavy atom. The molecule has 2 atom stereocenters. The zero-order valence-electron chi connectivity index (χ0n) is 7.06. The van der Waals surface area contributed by atoms with Crippen molar-refractivity contribution in [1.29, 1.82) is 5.53 Å². The molecule has 0 bridgehead atoms. The Balaban J connectivity index is 2.74. The van der Waals surface area contributed by atoms with Crippen LogP contribution in [0.4, 0.5) is 13.6 Å². The SMILES string of the molecule is N=[N+]=N[C@@H]1C[C@@H](C(F)F)N(C(=O)[O-])C1. The minimum atomic E-state index is -2.76. The van der Waals surface area contributed by atoms with Crippen molar-refractivity contribution < 1.29 is 18.7 Å². The molecule has 1 fully saturated rings. The Labute approximate surface area is 77.7 Å². The van der Waals surface area contributed by atoms with E-state index in [4.69, 9.17) is 5.53 Å². The highest BCUT2D eigenvalue weighted by molar-refractivity contribution is 5.63. The third-order valence-corrected chi connectivity index (χ3v) is 2.07. The molecule has 1 rings (SSSR count). The fraction of sp³-hybridized carbons (Fsp3) is 0.833. The van der Waals surface area contributed by atoms with Crippen LogP contribution >= 0.6 is 0 Å². The second kappa shape index (κ2) is 4.10. The van der Waals surface area contributed by atoms with E-state index >= 15 is 0 Å². The number of amides is 1. The van der Waals surface area contributed by atoms with Crippen LogP contribution in [0.25, 0.3) is 0 Å². The summed E-state index contributed by atoms with van der Waals surface area (Å²) >= 11 is 0. The van der Waals surface area contributed by atoms with E-state index in [9.17, 15) is 18.7 Å². The first-order valence-electron chi connectivity index (χ1n) is 3.88. The van der Waals surface area contributed by atoms with E-state index in [1.807, 2.05) is 0 Å². The van der Waals surface area contributed by atoms with Gasteiger partial charge < -0.3 is 14.8 Å². The fourth-order valence-electron chi connectivity index (χ4n) is 1.46. The van der Waals surface area contributed by atoms with Crippen molar-refractivity contribution in [2.75, 3.05) is 6.54 Å². The molecule has 0 saturated carbocycles. The summed E-state index contributed by atoms with van der Waals surface area (Å²) in [7, 11) is 0. The molecule has 1 saturated heterocycles. The average molecular weight is 206 g/mol. The first kappa shape index (κ1) is 10.5. The van der Waals surface area contributed by atoms with Crippen LogP contribution in [0.2, 0.25) is 0 Å². The first-order chi connectivity index (χ1) is 6.56. The molecule has 1 aliphatic rings. The third-order valence-electron chi connectivity index (χ3n) is 2.07. The number of alkyl halides is 2. The molecule has 0 aromatic carbocycles. The molecule has 0 aromatic rings. The van der Waals surface area contributed by atoms with Gasteiger partial charge in [0, 0.05) is 13.0 Å². The normalized spacial score (nSPS) is 26.4. The highest BCUT2D eigenvalue weighted by Gasteiger charge is 2.40. The number of nitrogens with one attached hydrogen (secondary N) is 1. The molecule has 6 nitrogen and oxygen atoms in total. The van der Waals surface area contributed by atoms with Gasteiger partial charge in [0.2, 0.25) is 4.91 Å². The number of halogens is 2. The summed E-state index contributed by atoms with van der Waals surface area (Å²) in [5.41, 5.74) is 6.40. The van der Waals surface area contributed by atoms with Gasteiger partial charge >= 0.3 is 0 Å². The van der Waals surface area contributed by atoms with Gasteiger partial charge in [0.1, 0.15) is 16.7 Å². The molecular formula is C6H8F2N4O2. The van der Waals surface area contributed by atoms with Crippen LogP contribution in [-0.2, 0) is 0 Å². The number of hydrogen-bond acceptors (Lipinski definition) is 4. The zero-order chi connectivity index (χ0) is 10.7. The molecule has 0 aromatic heterocycles. The quantitative estimate of drug-likeness (QED) is 0.491. The van der Waals surface area contributed by atoms with E-state index in [-0.39, 0.29) is 13.0 Å². The summed E-state index contributed by atoms with van der Waals surface area (Å²) in [4.78, 5) is 13.7. The highest BCUT2D eigenvalue weighted by Crippen LogP contribution is 2.24. The number of nitrogens with zero attached hydrogens (tertiary/aromatic N) is 3. The van der Waals surface area contributed by atoms with Crippen LogP contribution in [0.1, 0.15) is 6.42 Å². The van der Waals surface area contributed by atoms with Gasteiger partial charge in [0.25, 0.3) is 6.43 Å². The molecule has 0 aliphatic carbocycles. The maximum atomic E-state index is 12.3. The minimum absolute atomic E-state index is 0.117. The van der Waals surface area contributed by atoms with Gasteiger partial charge in [-0.25, -0.2) is 8.78 Å². The molecule has 14 heavy (non-hydrogen) atoms. The van der Waals surface area contributed by atoms with Crippen LogP contribution < -0.4 is 10.0 Å². The summed E-state index contributed by atoms with van der Waals surface area (Å²) in [6, 6.07) is -2.06. The number of carbonyl (C=O) groups is 1. The van der Waals surface area contributed by atoms with E-state index in [0.717, 1.165) is 0 Å². The van der Waals surface area contributed by atoms with Crippen LogP contribution in [0.5, 0.6) is 0 Å². The lowest BCUT2D eigenvalue weighted by atomic mass is 10.2. The van der Waals surface area contributed by atoms with Crippen LogP contribution in [0, 0.1) is 5.53 Å². The Morgan fingerprint density at radius 1 is 1.71 bits per heavy atom. The van der Waals surface area contributed by atoms with Crippen LogP contribution in [-0.4, -0.2) is 36.0 Å². The van der Waals surface area contributed by atoms with Crippen molar-refractivity contribution in [3.8, 4) is 0 Å². The molecule has 0 unspecified atom stereocenters. The molecule has 1 amide bonds. The number of rotatable bonds is 2. The maximum Gasteiger partial charge on any atom is 0.258 e. The maximum absolute atomic E-state index is 12.3. The van der Waals surface area contributed by atoms with Gasteiger partial charge in [-0.05, 0) is 0 Å². The summed E-state index contributed by atoms with van der Waals surface area (Å²) in [6.45, 7) is -0.181. The lowest BCUT2D eigenvalue weighted by Gasteiger charge is -2.25. The summed E-state index contributed by atoms with van der Waals surface area (Å²) in [6.07, 6.45) is -4.52. The number of likely N-dealkylation sites (tertiary alicyclic amines) is 1. The van der Waals surface area contributed by atoms with E-state index in [2.05, 4.69) is 10.0 Å². The predicted octanol–water partition coefficient (Wildman–Crippen LogP) is -0.412. The summed E-state index contributed by atoms with van der Waals surface area (Å²) < 4.78 is 24.6. The monoisotopic (exact) mass is 206 g/mol. The molecule has 78 valence electrons. The summed E-state index contributed by atoms with van der Waals surface area (Å²) in [5.74, 6) is 0. The second-order valence-corrected chi connectivity index (χ2v) is 2.93. The van der Waals surface area contributed by atoms with Crippen LogP contribution in [0.15, 0.2) is 5.11 Å². The molecule has 1 heterocycles. The molecule has 8 heteroatoms. The first-order valence-corrected chi connectivity index (χ1v) is 3.88. The molecule has 1 N–H and O–H groups in total. The topological polar surface area (TPSA) is 93.7 Å². The van der Waals surface area contributed by atoms with Crippen molar-refractivity contribution in [3.05, 3.63) is 0 Å². The van der Waals surface area contributed by atoms with E-state index in [1.165, 1.54) is 0 Å². The van der Waals surface area contributed by atoms with E-state index in [1.54, 1.807) is 0 Å². The Morgan fingerprint density at radius 3 is 2.71 bits per heavy atom. The zero-order valence-corrected chi connectivity index (χ0v) is 7.06. The Kier molecular flexibility index (Phi) is 3.08. The van der Waals surface area contributed by atoms with Crippen molar-refractivity contribution in [2.24, 2.45) is 5.11 Å². The smallest absolute Gasteiger partial charge is 0.258 e. The number of carboxylic acid groups (broad SMARTS) is 1. The largest absolute Gasteiger partial charge is 0.530 e.